The monoisotopic (exact) mass is 229 g/mol. The Morgan fingerprint density at radius 2 is 2.13 bits per heavy atom. The van der Waals surface area contributed by atoms with Gasteiger partial charge in [0.25, 0.3) is 5.69 Å². The minimum absolute atomic E-state index is 0. The van der Waals surface area contributed by atoms with Crippen LogP contribution in [-0.2, 0) is 4.79 Å². The number of hydrogen-bond acceptors (Lipinski definition) is 3. The molecule has 0 aliphatic heterocycles. The molecule has 1 aromatic carbocycles. The van der Waals surface area contributed by atoms with Crippen LogP contribution in [0.3, 0.4) is 0 Å². The van der Waals surface area contributed by atoms with Gasteiger partial charge in [0.15, 0.2) is 0 Å². The van der Waals surface area contributed by atoms with E-state index in [1.54, 1.807) is 6.07 Å². The number of non-ortho nitro benzene ring substituents is 1. The second-order valence-corrected chi connectivity index (χ2v) is 2.52. The van der Waals surface area contributed by atoms with E-state index in [4.69, 9.17) is 5.11 Å². The van der Waals surface area contributed by atoms with Crippen LogP contribution in [0.25, 0.3) is 6.08 Å². The number of benzene rings is 1. The van der Waals surface area contributed by atoms with Crippen molar-refractivity contribution in [2.24, 2.45) is 0 Å². The quantitative estimate of drug-likeness (QED) is 0.489. The summed E-state index contributed by atoms with van der Waals surface area (Å²) in [4.78, 5) is 20.0. The van der Waals surface area contributed by atoms with Gasteiger partial charge in [0.2, 0.25) is 0 Å². The molecule has 15 heavy (non-hydrogen) atoms. The van der Waals surface area contributed by atoms with Gasteiger partial charge in [-0.1, -0.05) is 12.1 Å². The van der Waals surface area contributed by atoms with Crippen LogP contribution in [0.1, 0.15) is 5.56 Å². The average Bonchev–Trinajstić information content (AvgIpc) is 2.15. The molecule has 0 saturated carbocycles. The van der Waals surface area contributed by atoms with Gasteiger partial charge in [-0.05, 0) is 11.6 Å². The highest BCUT2D eigenvalue weighted by Gasteiger charge is 2.03. The Labute approximate surface area is 91.6 Å². The third-order valence-corrected chi connectivity index (χ3v) is 1.50. The normalized spacial score (nSPS) is 9.60. The van der Waals surface area contributed by atoms with Crippen LogP contribution in [0.2, 0.25) is 0 Å². The van der Waals surface area contributed by atoms with Crippen molar-refractivity contribution in [3.8, 4) is 0 Å². The first kappa shape index (κ1) is 13.1. The molecule has 0 spiro atoms. The van der Waals surface area contributed by atoms with Crippen LogP contribution in [0, 0.1) is 10.1 Å². The second kappa shape index (κ2) is 5.77. The first-order valence-electron chi connectivity index (χ1n) is 3.75. The van der Waals surface area contributed by atoms with Crippen LogP contribution in [0.4, 0.5) is 5.69 Å². The predicted molar refractivity (Wildman–Crippen MR) is 57.0 cm³/mol. The van der Waals surface area contributed by atoms with Gasteiger partial charge in [-0.3, -0.25) is 10.1 Å². The zero-order valence-electron chi connectivity index (χ0n) is 7.49. The average molecular weight is 230 g/mol. The van der Waals surface area contributed by atoms with Crippen LogP contribution >= 0.6 is 12.4 Å². The lowest BCUT2D eigenvalue weighted by atomic mass is 10.2. The van der Waals surface area contributed by atoms with Crippen molar-refractivity contribution in [1.29, 1.82) is 0 Å². The molecule has 6 heteroatoms. The van der Waals surface area contributed by atoms with E-state index in [9.17, 15) is 14.9 Å². The largest absolute Gasteiger partial charge is 0.478 e. The number of carboxylic acid groups (broad SMARTS) is 1. The van der Waals surface area contributed by atoms with E-state index in [0.717, 1.165) is 6.08 Å². The molecule has 5 nitrogen and oxygen atoms in total. The van der Waals surface area contributed by atoms with Gasteiger partial charge < -0.3 is 5.11 Å². The fourth-order valence-electron chi connectivity index (χ4n) is 0.910. The van der Waals surface area contributed by atoms with Crippen molar-refractivity contribution in [2.45, 2.75) is 0 Å². The number of hydrogen-bond donors (Lipinski definition) is 1. The van der Waals surface area contributed by atoms with Gasteiger partial charge in [0, 0.05) is 18.2 Å². The summed E-state index contributed by atoms with van der Waals surface area (Å²) < 4.78 is 0. The zero-order valence-corrected chi connectivity index (χ0v) is 8.31. The maximum Gasteiger partial charge on any atom is 0.328 e. The lowest BCUT2D eigenvalue weighted by molar-refractivity contribution is -0.384. The Morgan fingerprint density at radius 1 is 1.47 bits per heavy atom. The van der Waals surface area contributed by atoms with Crippen LogP contribution in [0.15, 0.2) is 30.3 Å². The summed E-state index contributed by atoms with van der Waals surface area (Å²) in [7, 11) is 0. The Morgan fingerprint density at radius 3 is 2.67 bits per heavy atom. The highest BCUT2D eigenvalue weighted by atomic mass is 35.5. The smallest absolute Gasteiger partial charge is 0.328 e. The molecule has 0 atom stereocenters. The van der Waals surface area contributed by atoms with Crippen LogP contribution in [0.5, 0.6) is 0 Å². The number of nitro benzene ring substituents is 1. The van der Waals surface area contributed by atoms with E-state index in [0.29, 0.717) is 5.56 Å². The maximum atomic E-state index is 10.4. The van der Waals surface area contributed by atoms with Crippen molar-refractivity contribution in [2.75, 3.05) is 0 Å². The molecular formula is C9H8ClNO4. The zero-order chi connectivity index (χ0) is 10.6. The van der Waals surface area contributed by atoms with Gasteiger partial charge in [0.05, 0.1) is 4.92 Å². The molecule has 0 bridgehead atoms. The molecule has 0 heterocycles. The van der Waals surface area contributed by atoms with Crippen LogP contribution < -0.4 is 0 Å². The topological polar surface area (TPSA) is 80.4 Å². The van der Waals surface area contributed by atoms with E-state index in [-0.39, 0.29) is 18.1 Å². The molecule has 0 fully saturated rings. The first-order chi connectivity index (χ1) is 6.59. The van der Waals surface area contributed by atoms with Gasteiger partial charge in [-0.25, -0.2) is 4.79 Å². The number of carbonyl (C=O) groups is 1. The fourth-order valence-corrected chi connectivity index (χ4v) is 0.910. The van der Waals surface area contributed by atoms with E-state index >= 15 is 0 Å². The molecule has 0 saturated heterocycles. The van der Waals surface area contributed by atoms with E-state index in [1.807, 2.05) is 0 Å². The predicted octanol–water partition coefficient (Wildman–Crippen LogP) is 2.11. The summed E-state index contributed by atoms with van der Waals surface area (Å²) in [6.45, 7) is 0. The number of rotatable bonds is 3. The Balaban J connectivity index is 0.00000196. The molecule has 0 radical (unpaired) electrons. The highest BCUT2D eigenvalue weighted by Crippen LogP contribution is 2.13. The van der Waals surface area contributed by atoms with Gasteiger partial charge in [-0.15, -0.1) is 12.4 Å². The maximum absolute atomic E-state index is 10.4. The van der Waals surface area contributed by atoms with Crippen molar-refractivity contribution in [3.05, 3.63) is 46.0 Å². The molecule has 1 rings (SSSR count). The lowest BCUT2D eigenvalue weighted by Gasteiger charge is -1.92. The summed E-state index contributed by atoms with van der Waals surface area (Å²) >= 11 is 0. The Kier molecular flexibility index (Phi) is 5.04. The van der Waals surface area contributed by atoms with Gasteiger partial charge >= 0.3 is 5.97 Å². The summed E-state index contributed by atoms with van der Waals surface area (Å²) in [5.41, 5.74) is 0.430. The molecule has 1 aromatic rings. The number of halogens is 1. The first-order valence-corrected chi connectivity index (χ1v) is 3.75. The molecule has 1 N–H and O–H groups in total. The number of nitrogens with zero attached hydrogens (tertiary/aromatic N) is 1. The fraction of sp³-hybridized carbons (Fsp3) is 0. The molecule has 0 aliphatic carbocycles. The van der Waals surface area contributed by atoms with Crippen LogP contribution in [-0.4, -0.2) is 16.0 Å². The molecule has 80 valence electrons. The minimum atomic E-state index is -1.09. The Bertz CT molecular complexity index is 403. The van der Waals surface area contributed by atoms with E-state index < -0.39 is 10.9 Å². The van der Waals surface area contributed by atoms with E-state index in [1.165, 1.54) is 24.3 Å². The van der Waals surface area contributed by atoms with E-state index in [2.05, 4.69) is 0 Å². The Hall–Kier alpha value is -1.88. The molecule has 0 aromatic heterocycles. The van der Waals surface area contributed by atoms with Gasteiger partial charge in [-0.2, -0.15) is 0 Å². The standard InChI is InChI=1S/C9H7NO4.ClH/c11-9(12)5-4-7-2-1-3-8(6-7)10(13)14;/h1-6H,(H,11,12);1H/b5-4+;. The minimum Gasteiger partial charge on any atom is -0.478 e. The SMILES string of the molecule is Cl.O=C(O)/C=C/c1cccc([N+](=O)[O-])c1. The third-order valence-electron chi connectivity index (χ3n) is 1.50. The summed E-state index contributed by atoms with van der Waals surface area (Å²) in [6.07, 6.45) is 2.23. The third kappa shape index (κ3) is 4.24. The lowest BCUT2D eigenvalue weighted by Crippen LogP contribution is -1.88. The van der Waals surface area contributed by atoms with Crippen molar-refractivity contribution < 1.29 is 14.8 Å². The molecule has 0 aliphatic rings. The van der Waals surface area contributed by atoms with Crippen molar-refractivity contribution in [1.82, 2.24) is 0 Å². The number of nitro groups is 1. The molecular weight excluding hydrogens is 222 g/mol. The van der Waals surface area contributed by atoms with Gasteiger partial charge in [0.1, 0.15) is 0 Å². The summed E-state index contributed by atoms with van der Waals surface area (Å²) in [6, 6.07) is 5.74. The number of carboxylic acids is 1. The van der Waals surface area contributed by atoms with Crippen molar-refractivity contribution in [3.63, 3.8) is 0 Å². The number of aliphatic carboxylic acids is 1. The van der Waals surface area contributed by atoms with Crippen molar-refractivity contribution >= 4 is 30.1 Å². The second-order valence-electron chi connectivity index (χ2n) is 2.52. The summed E-state index contributed by atoms with van der Waals surface area (Å²) in [5, 5.41) is 18.7. The highest BCUT2D eigenvalue weighted by molar-refractivity contribution is 5.85. The summed E-state index contributed by atoms with van der Waals surface area (Å²) in [5.74, 6) is -1.09. The molecule has 0 amide bonds. The molecule has 0 unspecified atom stereocenters.